The van der Waals surface area contributed by atoms with Crippen molar-refractivity contribution in [1.82, 2.24) is 0 Å². The van der Waals surface area contributed by atoms with Gasteiger partial charge in [0.1, 0.15) is 6.26 Å². The lowest BCUT2D eigenvalue weighted by atomic mass is 10.2. The molecule has 3 nitrogen and oxygen atoms in total. The van der Waals surface area contributed by atoms with Crippen LogP contribution in [-0.4, -0.2) is 6.41 Å². The van der Waals surface area contributed by atoms with Gasteiger partial charge >= 0.3 is 0 Å². The number of amides is 1. The zero-order valence-electron chi connectivity index (χ0n) is 6.28. The van der Waals surface area contributed by atoms with Crippen molar-refractivity contribution in [2.24, 2.45) is 0 Å². The fraction of sp³-hybridized carbons (Fsp3) is 0. The van der Waals surface area contributed by atoms with Crippen LogP contribution >= 0.6 is 0 Å². The number of benzene rings is 1. The van der Waals surface area contributed by atoms with Crippen LogP contribution < -0.4 is 5.32 Å². The normalized spacial score (nSPS) is 10.0. The van der Waals surface area contributed by atoms with Crippen molar-refractivity contribution >= 4 is 22.9 Å². The van der Waals surface area contributed by atoms with E-state index in [0.717, 1.165) is 16.5 Å². The van der Waals surface area contributed by atoms with Gasteiger partial charge in [0.2, 0.25) is 6.41 Å². The van der Waals surface area contributed by atoms with Crippen LogP contribution in [0, 0.1) is 0 Å². The van der Waals surface area contributed by atoms with Crippen molar-refractivity contribution < 1.29 is 9.21 Å². The molecule has 12 heavy (non-hydrogen) atoms. The highest BCUT2D eigenvalue weighted by Gasteiger charge is 2.00. The van der Waals surface area contributed by atoms with Gasteiger partial charge in [0, 0.05) is 10.8 Å². The topological polar surface area (TPSA) is 42.2 Å². The van der Waals surface area contributed by atoms with E-state index < -0.39 is 0 Å². The Morgan fingerprint density at radius 2 is 2.25 bits per heavy atom. The second kappa shape index (κ2) is 2.70. The highest BCUT2D eigenvalue weighted by atomic mass is 16.3. The van der Waals surface area contributed by atoms with Crippen LogP contribution in [0.5, 0.6) is 0 Å². The van der Waals surface area contributed by atoms with Gasteiger partial charge in [-0.05, 0) is 6.07 Å². The Hall–Kier alpha value is -1.77. The fourth-order valence-corrected chi connectivity index (χ4v) is 1.18. The second-order valence-corrected chi connectivity index (χ2v) is 2.44. The van der Waals surface area contributed by atoms with Gasteiger partial charge in [-0.15, -0.1) is 0 Å². The molecule has 2 rings (SSSR count). The molecule has 0 fully saturated rings. The van der Waals surface area contributed by atoms with Crippen molar-refractivity contribution in [1.29, 1.82) is 0 Å². The Morgan fingerprint density at radius 3 is 3.08 bits per heavy atom. The van der Waals surface area contributed by atoms with E-state index in [4.69, 9.17) is 4.42 Å². The van der Waals surface area contributed by atoms with Crippen LogP contribution in [0.2, 0.25) is 0 Å². The van der Waals surface area contributed by atoms with Gasteiger partial charge < -0.3 is 9.73 Å². The number of hydrogen-bond acceptors (Lipinski definition) is 2. The molecule has 0 radical (unpaired) electrons. The summed E-state index contributed by atoms with van der Waals surface area (Å²) < 4.78 is 5.00. The first-order valence-corrected chi connectivity index (χ1v) is 3.57. The van der Waals surface area contributed by atoms with Gasteiger partial charge in [-0.2, -0.15) is 0 Å². The minimum Gasteiger partial charge on any atom is -0.471 e. The summed E-state index contributed by atoms with van der Waals surface area (Å²) in [6, 6.07) is 5.62. The smallest absolute Gasteiger partial charge is 0.211 e. The fourth-order valence-electron chi connectivity index (χ4n) is 1.18. The van der Waals surface area contributed by atoms with Crippen molar-refractivity contribution in [3.05, 3.63) is 30.7 Å². The Kier molecular flexibility index (Phi) is 1.55. The van der Waals surface area contributed by atoms with Crippen molar-refractivity contribution in [3.8, 4) is 0 Å². The summed E-state index contributed by atoms with van der Waals surface area (Å²) in [7, 11) is 0. The highest BCUT2D eigenvalue weighted by molar-refractivity contribution is 5.96. The van der Waals surface area contributed by atoms with E-state index in [-0.39, 0.29) is 0 Å². The van der Waals surface area contributed by atoms with E-state index in [2.05, 4.69) is 5.32 Å². The molecule has 2 aromatic rings. The molecular formula is C9H7NO2. The lowest BCUT2D eigenvalue weighted by molar-refractivity contribution is -0.105. The molecule has 0 atom stereocenters. The van der Waals surface area contributed by atoms with Gasteiger partial charge in [0.15, 0.2) is 0 Å². The molecule has 1 N–H and O–H groups in total. The molecular weight excluding hydrogens is 154 g/mol. The van der Waals surface area contributed by atoms with Crippen molar-refractivity contribution in [3.63, 3.8) is 0 Å². The molecule has 0 saturated heterocycles. The van der Waals surface area contributed by atoms with Gasteiger partial charge in [0.25, 0.3) is 0 Å². The third kappa shape index (κ3) is 0.955. The Morgan fingerprint density at radius 1 is 1.33 bits per heavy atom. The van der Waals surface area contributed by atoms with Gasteiger partial charge in [-0.25, -0.2) is 0 Å². The first-order chi connectivity index (χ1) is 5.92. The minimum absolute atomic E-state index is 0.655. The number of carbonyl (C=O) groups excluding carboxylic acids is 1. The first kappa shape index (κ1) is 6.91. The molecule has 60 valence electrons. The number of hydrogen-bond donors (Lipinski definition) is 1. The highest BCUT2D eigenvalue weighted by Crippen LogP contribution is 2.23. The van der Waals surface area contributed by atoms with Crippen LogP contribution in [0.25, 0.3) is 10.8 Å². The molecule has 1 aromatic heterocycles. The van der Waals surface area contributed by atoms with Crippen LogP contribution in [0.3, 0.4) is 0 Å². The maximum Gasteiger partial charge on any atom is 0.211 e. The number of furan rings is 1. The summed E-state index contributed by atoms with van der Waals surface area (Å²) in [6.45, 7) is 0. The molecule has 0 bridgehead atoms. The molecule has 1 heterocycles. The standard InChI is InChI=1S/C9H7NO2/c11-6-10-9-3-1-2-7-4-12-5-8(7)9/h1-6H,(H,10,11). The average Bonchev–Trinajstić information content (AvgIpc) is 2.53. The predicted octanol–water partition coefficient (Wildman–Crippen LogP) is 2.00. The van der Waals surface area contributed by atoms with Crippen LogP contribution in [-0.2, 0) is 4.79 Å². The molecule has 0 aliphatic rings. The molecule has 0 unspecified atom stereocenters. The van der Waals surface area contributed by atoms with Gasteiger partial charge in [0.05, 0.1) is 12.0 Å². The third-order valence-electron chi connectivity index (χ3n) is 1.74. The van der Waals surface area contributed by atoms with E-state index in [1.54, 1.807) is 12.5 Å². The second-order valence-electron chi connectivity index (χ2n) is 2.44. The number of fused-ring (bicyclic) bond motifs is 1. The first-order valence-electron chi connectivity index (χ1n) is 3.57. The summed E-state index contributed by atoms with van der Waals surface area (Å²) in [5.74, 6) is 0. The maximum absolute atomic E-state index is 10.2. The summed E-state index contributed by atoms with van der Waals surface area (Å²) in [5, 5.41) is 4.50. The van der Waals surface area contributed by atoms with Crippen LogP contribution in [0.4, 0.5) is 5.69 Å². The van der Waals surface area contributed by atoms with Gasteiger partial charge in [-0.3, -0.25) is 4.79 Å². The van der Waals surface area contributed by atoms with E-state index in [9.17, 15) is 4.79 Å². The number of rotatable bonds is 2. The largest absolute Gasteiger partial charge is 0.471 e. The Labute approximate surface area is 69.0 Å². The van der Waals surface area contributed by atoms with E-state index in [1.807, 2.05) is 18.2 Å². The predicted molar refractivity (Wildman–Crippen MR) is 45.9 cm³/mol. The minimum atomic E-state index is 0.655. The molecule has 1 aromatic carbocycles. The van der Waals surface area contributed by atoms with Crippen molar-refractivity contribution in [2.45, 2.75) is 0 Å². The quantitative estimate of drug-likeness (QED) is 0.684. The number of carbonyl (C=O) groups is 1. The van der Waals surface area contributed by atoms with Crippen LogP contribution in [0.15, 0.2) is 35.1 Å². The number of nitrogens with one attached hydrogen (secondary N) is 1. The molecule has 0 aliphatic carbocycles. The molecule has 1 amide bonds. The van der Waals surface area contributed by atoms with Crippen molar-refractivity contribution in [2.75, 3.05) is 5.32 Å². The summed E-state index contributed by atoms with van der Waals surface area (Å²) in [6.07, 6.45) is 3.91. The lowest BCUT2D eigenvalue weighted by Gasteiger charge is -1.97. The monoisotopic (exact) mass is 161 g/mol. The van der Waals surface area contributed by atoms with E-state index in [0.29, 0.717) is 6.41 Å². The van der Waals surface area contributed by atoms with E-state index >= 15 is 0 Å². The maximum atomic E-state index is 10.2. The summed E-state index contributed by atoms with van der Waals surface area (Å²) >= 11 is 0. The summed E-state index contributed by atoms with van der Waals surface area (Å²) in [4.78, 5) is 10.2. The average molecular weight is 161 g/mol. The molecule has 0 spiro atoms. The van der Waals surface area contributed by atoms with Gasteiger partial charge in [-0.1, -0.05) is 12.1 Å². The zero-order chi connectivity index (χ0) is 8.39. The molecule has 3 heteroatoms. The Bertz CT molecular complexity index is 406. The summed E-state index contributed by atoms with van der Waals surface area (Å²) in [5.41, 5.74) is 0.774. The van der Waals surface area contributed by atoms with E-state index in [1.165, 1.54) is 0 Å². The van der Waals surface area contributed by atoms with Crippen LogP contribution in [0.1, 0.15) is 0 Å². The Balaban J connectivity index is 2.65. The zero-order valence-corrected chi connectivity index (χ0v) is 6.28. The molecule has 0 aliphatic heterocycles. The molecule has 0 saturated carbocycles. The number of anilines is 1. The lowest BCUT2D eigenvalue weighted by Crippen LogP contribution is -1.92. The third-order valence-corrected chi connectivity index (χ3v) is 1.74. The SMILES string of the molecule is O=CNc1cccc2cocc12.